The van der Waals surface area contributed by atoms with Crippen LogP contribution in [0.15, 0.2) is 0 Å². The Morgan fingerprint density at radius 3 is 1.09 bits per heavy atom. The molecular formula is C16H26O4S2. The van der Waals surface area contributed by atoms with E-state index in [4.69, 9.17) is 0 Å². The third-order valence-electron chi connectivity index (χ3n) is 3.08. The fraction of sp³-hybridized carbons (Fsp3) is 0.750. The first-order valence-corrected chi connectivity index (χ1v) is 9.62. The molecule has 0 spiro atoms. The van der Waals surface area contributed by atoms with E-state index in [0.717, 1.165) is 37.2 Å². The molecule has 0 saturated carbocycles. The number of unbranched alkanes of at least 4 members (excludes halogenated alkanes) is 3. The van der Waals surface area contributed by atoms with E-state index in [1.807, 2.05) is 0 Å². The number of hydrogen-bond donors (Lipinski definition) is 0. The van der Waals surface area contributed by atoms with Gasteiger partial charge in [-0.25, -0.2) is 0 Å². The summed E-state index contributed by atoms with van der Waals surface area (Å²) in [4.78, 5) is 45.1. The SMILES string of the molecule is CC(=O)C(SCCCCCCSC(C(C)=O)C(C)=O)C(C)=O. The van der Waals surface area contributed by atoms with Crippen LogP contribution < -0.4 is 0 Å². The number of carbonyl (C=O) groups excluding carboxylic acids is 4. The standard InChI is InChI=1S/C16H26O4S2/c1-11(17)15(12(2)18)21-9-7-5-6-8-10-22-16(13(3)19)14(4)20/h15-16H,5-10H2,1-4H3. The summed E-state index contributed by atoms with van der Waals surface area (Å²) in [6, 6.07) is 0. The lowest BCUT2D eigenvalue weighted by atomic mass is 10.2. The van der Waals surface area contributed by atoms with Crippen molar-refractivity contribution in [3.8, 4) is 0 Å². The number of hydrogen-bond acceptors (Lipinski definition) is 6. The van der Waals surface area contributed by atoms with Crippen LogP contribution in [0.25, 0.3) is 0 Å². The first kappa shape index (κ1) is 21.4. The molecule has 0 bridgehead atoms. The van der Waals surface area contributed by atoms with Crippen LogP contribution in [-0.2, 0) is 19.2 Å². The smallest absolute Gasteiger partial charge is 0.150 e. The molecule has 0 N–H and O–H groups in total. The number of thioether (sulfide) groups is 2. The average Bonchev–Trinajstić information content (AvgIpc) is 2.38. The predicted molar refractivity (Wildman–Crippen MR) is 93.7 cm³/mol. The predicted octanol–water partition coefficient (Wildman–Crippen LogP) is 3.11. The molecule has 4 nitrogen and oxygen atoms in total. The van der Waals surface area contributed by atoms with Crippen molar-refractivity contribution in [2.24, 2.45) is 0 Å². The van der Waals surface area contributed by atoms with Crippen LogP contribution >= 0.6 is 23.5 Å². The fourth-order valence-electron chi connectivity index (χ4n) is 2.00. The van der Waals surface area contributed by atoms with E-state index >= 15 is 0 Å². The van der Waals surface area contributed by atoms with E-state index in [0.29, 0.717) is 0 Å². The van der Waals surface area contributed by atoms with Crippen molar-refractivity contribution in [3.05, 3.63) is 0 Å². The van der Waals surface area contributed by atoms with Crippen LogP contribution in [0.2, 0.25) is 0 Å². The molecule has 0 atom stereocenters. The minimum atomic E-state index is -0.512. The summed E-state index contributed by atoms with van der Waals surface area (Å²) < 4.78 is 0. The molecule has 0 unspecified atom stereocenters. The highest BCUT2D eigenvalue weighted by molar-refractivity contribution is 8.01. The van der Waals surface area contributed by atoms with Crippen molar-refractivity contribution < 1.29 is 19.2 Å². The van der Waals surface area contributed by atoms with Gasteiger partial charge in [0.1, 0.15) is 33.6 Å². The number of rotatable bonds is 13. The number of ketones is 4. The van der Waals surface area contributed by atoms with Gasteiger partial charge in [-0.2, -0.15) is 0 Å². The zero-order chi connectivity index (χ0) is 17.1. The van der Waals surface area contributed by atoms with Gasteiger partial charge in [0.2, 0.25) is 0 Å². The normalized spacial score (nSPS) is 11.0. The van der Waals surface area contributed by atoms with E-state index in [-0.39, 0.29) is 23.1 Å². The Bertz CT molecular complexity index is 341. The molecule has 126 valence electrons. The fourth-order valence-corrected chi connectivity index (χ4v) is 4.15. The molecule has 0 aliphatic carbocycles. The molecule has 0 radical (unpaired) electrons. The van der Waals surface area contributed by atoms with Crippen LogP contribution in [0.3, 0.4) is 0 Å². The Balaban J connectivity index is 3.70. The van der Waals surface area contributed by atoms with E-state index in [1.165, 1.54) is 51.2 Å². The maximum Gasteiger partial charge on any atom is 0.150 e. The first-order valence-electron chi connectivity index (χ1n) is 7.52. The Morgan fingerprint density at radius 1 is 0.591 bits per heavy atom. The van der Waals surface area contributed by atoms with Crippen molar-refractivity contribution >= 4 is 46.7 Å². The third-order valence-corrected chi connectivity index (χ3v) is 6.13. The molecule has 0 aromatic rings. The van der Waals surface area contributed by atoms with Crippen molar-refractivity contribution in [1.29, 1.82) is 0 Å². The molecule has 6 heteroatoms. The highest BCUT2D eigenvalue weighted by Gasteiger charge is 2.20. The topological polar surface area (TPSA) is 68.3 Å². The van der Waals surface area contributed by atoms with Gasteiger partial charge in [0.05, 0.1) is 0 Å². The molecule has 0 aromatic carbocycles. The van der Waals surface area contributed by atoms with Gasteiger partial charge in [-0.3, -0.25) is 19.2 Å². The third kappa shape index (κ3) is 9.41. The van der Waals surface area contributed by atoms with Crippen molar-refractivity contribution in [2.75, 3.05) is 11.5 Å². The molecule has 0 heterocycles. The Hall–Kier alpha value is -0.620. The quantitative estimate of drug-likeness (QED) is 0.377. The summed E-state index contributed by atoms with van der Waals surface area (Å²) in [6.07, 6.45) is 3.99. The second-order valence-electron chi connectivity index (χ2n) is 5.36. The second kappa shape index (κ2) is 11.9. The van der Waals surface area contributed by atoms with Gasteiger partial charge < -0.3 is 0 Å². The van der Waals surface area contributed by atoms with E-state index in [9.17, 15) is 19.2 Å². The summed E-state index contributed by atoms with van der Waals surface area (Å²) in [5, 5.41) is -1.02. The molecule has 0 amide bonds. The van der Waals surface area contributed by atoms with E-state index in [1.54, 1.807) is 0 Å². The summed E-state index contributed by atoms with van der Waals surface area (Å²) in [5.41, 5.74) is 0. The Labute approximate surface area is 141 Å². The molecule has 0 aliphatic rings. The van der Waals surface area contributed by atoms with Gasteiger partial charge >= 0.3 is 0 Å². The van der Waals surface area contributed by atoms with Gasteiger partial charge in [0.15, 0.2) is 0 Å². The van der Waals surface area contributed by atoms with Gasteiger partial charge in [-0.1, -0.05) is 12.8 Å². The molecule has 0 fully saturated rings. The lowest BCUT2D eigenvalue weighted by Gasteiger charge is -2.10. The lowest BCUT2D eigenvalue weighted by Crippen LogP contribution is -2.22. The average molecular weight is 347 g/mol. The monoisotopic (exact) mass is 346 g/mol. The van der Waals surface area contributed by atoms with Crippen LogP contribution in [0.5, 0.6) is 0 Å². The van der Waals surface area contributed by atoms with Gasteiger partial charge in [-0.15, -0.1) is 23.5 Å². The summed E-state index contributed by atoms with van der Waals surface area (Å²) in [5.74, 6) is 1.31. The molecule has 0 aliphatic heterocycles. The van der Waals surface area contributed by atoms with Crippen molar-refractivity contribution in [1.82, 2.24) is 0 Å². The van der Waals surface area contributed by atoms with E-state index < -0.39 is 10.5 Å². The van der Waals surface area contributed by atoms with Crippen LogP contribution in [-0.4, -0.2) is 45.1 Å². The van der Waals surface area contributed by atoms with Gasteiger partial charge in [0.25, 0.3) is 0 Å². The maximum atomic E-state index is 11.3. The highest BCUT2D eigenvalue weighted by atomic mass is 32.2. The van der Waals surface area contributed by atoms with Crippen LogP contribution in [0, 0.1) is 0 Å². The van der Waals surface area contributed by atoms with Crippen molar-refractivity contribution in [3.63, 3.8) is 0 Å². The molecular weight excluding hydrogens is 320 g/mol. The lowest BCUT2D eigenvalue weighted by molar-refractivity contribution is -0.125. The first-order chi connectivity index (χ1) is 10.3. The van der Waals surface area contributed by atoms with Crippen molar-refractivity contribution in [2.45, 2.75) is 63.9 Å². The van der Waals surface area contributed by atoms with Crippen LogP contribution in [0.4, 0.5) is 0 Å². The highest BCUT2D eigenvalue weighted by Crippen LogP contribution is 2.18. The molecule has 0 saturated heterocycles. The van der Waals surface area contributed by atoms with Gasteiger partial charge in [-0.05, 0) is 52.0 Å². The molecule has 0 rings (SSSR count). The molecule has 0 aromatic heterocycles. The zero-order valence-corrected chi connectivity index (χ0v) is 15.5. The molecule has 22 heavy (non-hydrogen) atoms. The Morgan fingerprint density at radius 2 is 0.864 bits per heavy atom. The minimum Gasteiger partial charge on any atom is -0.298 e. The number of Topliss-reactive ketones (excluding diaryl/α,β-unsaturated/α-hetero) is 4. The number of carbonyl (C=O) groups is 4. The Kier molecular flexibility index (Phi) is 11.5. The zero-order valence-electron chi connectivity index (χ0n) is 13.8. The van der Waals surface area contributed by atoms with Gasteiger partial charge in [0, 0.05) is 0 Å². The maximum absolute atomic E-state index is 11.3. The second-order valence-corrected chi connectivity index (χ2v) is 7.78. The largest absolute Gasteiger partial charge is 0.298 e. The minimum absolute atomic E-state index is 0.0755. The summed E-state index contributed by atoms with van der Waals surface area (Å²) >= 11 is 2.84. The van der Waals surface area contributed by atoms with Crippen LogP contribution in [0.1, 0.15) is 53.4 Å². The van der Waals surface area contributed by atoms with E-state index in [2.05, 4.69) is 0 Å². The summed E-state index contributed by atoms with van der Waals surface area (Å²) in [6.45, 7) is 5.82. The summed E-state index contributed by atoms with van der Waals surface area (Å²) in [7, 11) is 0.